The molecule has 4 aliphatic rings. The molecule has 0 radical (unpaired) electrons. The average Bonchev–Trinajstić information content (AvgIpc) is 3.06. The third-order valence-electron chi connectivity index (χ3n) is 7.37. The molecule has 0 saturated carbocycles. The number of hydrogen-bond acceptors (Lipinski definition) is 6. The van der Waals surface area contributed by atoms with Crippen LogP contribution in [0.15, 0.2) is 24.3 Å². The number of fused-ring (bicyclic) bond motifs is 2. The van der Waals surface area contributed by atoms with Crippen LogP contribution in [-0.4, -0.2) is 82.8 Å². The van der Waals surface area contributed by atoms with Crippen LogP contribution in [0, 0.1) is 11.8 Å². The molecule has 8 heteroatoms. The molecule has 0 aromatic rings. The number of likely N-dealkylation sites (tertiary alicyclic amines) is 1. The highest BCUT2D eigenvalue weighted by Gasteiger charge is 2.75. The van der Waals surface area contributed by atoms with Gasteiger partial charge in [0, 0.05) is 26.2 Å². The Balaban J connectivity index is 1.81. The zero-order valence-electron chi connectivity index (χ0n) is 19.0. The van der Waals surface area contributed by atoms with Gasteiger partial charge in [0.2, 0.25) is 11.8 Å². The van der Waals surface area contributed by atoms with Gasteiger partial charge in [-0.3, -0.25) is 14.4 Å². The van der Waals surface area contributed by atoms with E-state index in [1.54, 1.807) is 15.9 Å². The van der Waals surface area contributed by atoms with Crippen molar-refractivity contribution in [2.75, 3.05) is 32.8 Å². The highest BCUT2D eigenvalue weighted by atomic mass is 16.6. The molecule has 4 rings (SSSR count). The first kappa shape index (κ1) is 23.0. The van der Waals surface area contributed by atoms with E-state index in [0.29, 0.717) is 38.9 Å². The predicted octanol–water partition coefficient (Wildman–Crippen LogP) is 1.43. The van der Waals surface area contributed by atoms with Crippen molar-refractivity contribution in [3.05, 3.63) is 24.3 Å². The SMILES string of the molecule is CCCCN1CC=C[C@]23O[C@@]4(CC)C=CCOC(=O)[C@H]4[C@H]2C(=O)N(CCCCO)C3C1=O. The minimum atomic E-state index is -1.21. The van der Waals surface area contributed by atoms with Gasteiger partial charge in [0.1, 0.15) is 29.8 Å². The van der Waals surface area contributed by atoms with E-state index in [1.165, 1.54) is 0 Å². The summed E-state index contributed by atoms with van der Waals surface area (Å²) < 4.78 is 12.2. The number of cyclic esters (lactones) is 1. The molecule has 2 amide bonds. The molecule has 2 saturated heterocycles. The smallest absolute Gasteiger partial charge is 0.313 e. The van der Waals surface area contributed by atoms with Crippen LogP contribution in [0.25, 0.3) is 0 Å². The summed E-state index contributed by atoms with van der Waals surface area (Å²) in [6.07, 6.45) is 10.8. The number of aliphatic hydroxyl groups excluding tert-OH is 1. The fourth-order valence-electron chi connectivity index (χ4n) is 5.83. The van der Waals surface area contributed by atoms with E-state index >= 15 is 0 Å². The maximum atomic E-state index is 13.8. The molecule has 32 heavy (non-hydrogen) atoms. The first-order valence-electron chi connectivity index (χ1n) is 11.9. The molecular formula is C24H34N2O6. The molecule has 1 spiro atoms. The molecule has 0 aromatic heterocycles. The van der Waals surface area contributed by atoms with Gasteiger partial charge in [-0.25, -0.2) is 0 Å². The van der Waals surface area contributed by atoms with Crippen LogP contribution in [-0.2, 0) is 23.9 Å². The van der Waals surface area contributed by atoms with Crippen LogP contribution in [0.4, 0.5) is 0 Å². The number of carbonyl (C=O) groups excluding carboxylic acids is 3. The van der Waals surface area contributed by atoms with Crippen molar-refractivity contribution >= 4 is 17.8 Å². The molecule has 1 N–H and O–H groups in total. The zero-order valence-corrected chi connectivity index (χ0v) is 19.0. The minimum Gasteiger partial charge on any atom is -0.461 e. The summed E-state index contributed by atoms with van der Waals surface area (Å²) in [5.74, 6) is -2.44. The van der Waals surface area contributed by atoms with Gasteiger partial charge in [0.05, 0.1) is 5.92 Å². The lowest BCUT2D eigenvalue weighted by Crippen LogP contribution is -2.56. The van der Waals surface area contributed by atoms with Gasteiger partial charge in [-0.2, -0.15) is 0 Å². The van der Waals surface area contributed by atoms with E-state index in [-0.39, 0.29) is 25.0 Å². The fourth-order valence-corrected chi connectivity index (χ4v) is 5.83. The van der Waals surface area contributed by atoms with Crippen LogP contribution in [0.1, 0.15) is 46.0 Å². The third kappa shape index (κ3) is 3.39. The lowest BCUT2D eigenvalue weighted by Gasteiger charge is -2.38. The Morgan fingerprint density at radius 3 is 2.56 bits per heavy atom. The van der Waals surface area contributed by atoms with Gasteiger partial charge in [-0.05, 0) is 31.8 Å². The first-order chi connectivity index (χ1) is 15.5. The molecule has 5 atom stereocenters. The van der Waals surface area contributed by atoms with Crippen LogP contribution in [0.3, 0.4) is 0 Å². The van der Waals surface area contributed by atoms with E-state index in [4.69, 9.17) is 9.47 Å². The number of amides is 2. The summed E-state index contributed by atoms with van der Waals surface area (Å²) in [4.78, 5) is 44.2. The van der Waals surface area contributed by atoms with E-state index < -0.39 is 35.0 Å². The van der Waals surface area contributed by atoms with Crippen molar-refractivity contribution in [1.82, 2.24) is 9.80 Å². The summed E-state index contributed by atoms with van der Waals surface area (Å²) >= 11 is 0. The lowest BCUT2D eigenvalue weighted by molar-refractivity contribution is -0.159. The predicted molar refractivity (Wildman–Crippen MR) is 116 cm³/mol. The standard InChI is InChI=1S/C24H34N2O6/c1-3-5-12-25-13-8-11-24-17(18-22(30)31-16-9-10-23(18,4-2)32-24)20(28)26(14-6-7-15-27)19(24)21(25)29/h8-11,17-19,27H,3-7,12-16H2,1-2H3/t17-,18+,19?,23-,24-/m0/s1. The molecule has 0 aliphatic carbocycles. The van der Waals surface area contributed by atoms with Crippen molar-refractivity contribution in [1.29, 1.82) is 0 Å². The average molecular weight is 447 g/mol. The second-order valence-corrected chi connectivity index (χ2v) is 9.16. The van der Waals surface area contributed by atoms with Gasteiger partial charge < -0.3 is 24.4 Å². The summed E-state index contributed by atoms with van der Waals surface area (Å²) in [6.45, 7) is 5.58. The molecule has 0 aromatic carbocycles. The fraction of sp³-hybridized carbons (Fsp3) is 0.708. The maximum absolute atomic E-state index is 13.8. The molecule has 8 nitrogen and oxygen atoms in total. The quantitative estimate of drug-likeness (QED) is 0.344. The zero-order chi connectivity index (χ0) is 22.9. The molecule has 1 unspecified atom stereocenters. The number of esters is 1. The Hall–Kier alpha value is -2.19. The number of rotatable bonds is 8. The number of aliphatic hydroxyl groups is 1. The lowest BCUT2D eigenvalue weighted by atomic mass is 9.73. The Bertz CT molecular complexity index is 825. The van der Waals surface area contributed by atoms with Crippen molar-refractivity contribution < 1.29 is 29.0 Å². The van der Waals surface area contributed by atoms with Gasteiger partial charge in [0.15, 0.2) is 0 Å². The van der Waals surface area contributed by atoms with Crippen LogP contribution < -0.4 is 0 Å². The molecule has 2 fully saturated rings. The topological polar surface area (TPSA) is 96.4 Å². The molecule has 4 heterocycles. The van der Waals surface area contributed by atoms with Gasteiger partial charge in [0.25, 0.3) is 0 Å². The van der Waals surface area contributed by atoms with Gasteiger partial charge in [-0.1, -0.05) is 38.5 Å². The van der Waals surface area contributed by atoms with E-state index in [1.807, 2.05) is 25.2 Å². The van der Waals surface area contributed by atoms with E-state index in [0.717, 1.165) is 12.8 Å². The Labute approximate surface area is 189 Å². The van der Waals surface area contributed by atoms with Crippen LogP contribution in [0.5, 0.6) is 0 Å². The van der Waals surface area contributed by atoms with E-state index in [9.17, 15) is 19.5 Å². The molecule has 4 aliphatic heterocycles. The summed E-state index contributed by atoms with van der Waals surface area (Å²) in [5, 5.41) is 9.24. The second-order valence-electron chi connectivity index (χ2n) is 9.16. The third-order valence-corrected chi connectivity index (χ3v) is 7.37. The number of unbranched alkanes of at least 4 members (excludes halogenated alkanes) is 2. The number of carbonyl (C=O) groups is 3. The van der Waals surface area contributed by atoms with Crippen LogP contribution in [0.2, 0.25) is 0 Å². The number of ether oxygens (including phenoxy) is 2. The van der Waals surface area contributed by atoms with Crippen LogP contribution >= 0.6 is 0 Å². The van der Waals surface area contributed by atoms with Gasteiger partial charge in [-0.15, -0.1) is 0 Å². The van der Waals surface area contributed by atoms with Crippen molar-refractivity contribution in [3.8, 4) is 0 Å². The Kier molecular flexibility index (Phi) is 6.45. The van der Waals surface area contributed by atoms with Gasteiger partial charge >= 0.3 is 5.97 Å². The highest BCUT2D eigenvalue weighted by Crippen LogP contribution is 2.58. The summed E-state index contributed by atoms with van der Waals surface area (Å²) in [7, 11) is 0. The van der Waals surface area contributed by atoms with E-state index in [2.05, 4.69) is 6.92 Å². The molecule has 0 bridgehead atoms. The number of nitrogens with zero attached hydrogens (tertiary/aromatic N) is 2. The summed E-state index contributed by atoms with van der Waals surface area (Å²) in [5.41, 5.74) is -2.19. The molecule has 176 valence electrons. The van der Waals surface area contributed by atoms with Crippen molar-refractivity contribution in [3.63, 3.8) is 0 Å². The monoisotopic (exact) mass is 446 g/mol. The first-order valence-corrected chi connectivity index (χ1v) is 11.9. The normalized spacial score (nSPS) is 36.0. The maximum Gasteiger partial charge on any atom is 0.313 e. The highest BCUT2D eigenvalue weighted by molar-refractivity contribution is 5.99. The minimum absolute atomic E-state index is 0.0208. The van der Waals surface area contributed by atoms with Crippen molar-refractivity contribution in [2.24, 2.45) is 11.8 Å². The number of hydrogen-bond donors (Lipinski definition) is 1. The summed E-state index contributed by atoms with van der Waals surface area (Å²) in [6, 6.07) is -0.828. The van der Waals surface area contributed by atoms with Crippen molar-refractivity contribution in [2.45, 2.75) is 63.2 Å². The Morgan fingerprint density at radius 1 is 1.03 bits per heavy atom. The molecular weight excluding hydrogens is 412 g/mol. The Morgan fingerprint density at radius 2 is 1.84 bits per heavy atom. The second kappa shape index (κ2) is 8.98. The largest absolute Gasteiger partial charge is 0.461 e.